The van der Waals surface area contributed by atoms with E-state index in [0.29, 0.717) is 18.9 Å². The molecule has 9 heteroatoms. The number of tetrazole rings is 1. The highest BCUT2D eigenvalue weighted by atomic mass is 16.7. The van der Waals surface area contributed by atoms with Gasteiger partial charge in [-0.1, -0.05) is 12.1 Å². The second kappa shape index (κ2) is 6.32. The molecule has 0 spiro atoms. The Kier molecular flexibility index (Phi) is 3.72. The van der Waals surface area contributed by atoms with E-state index < -0.39 is 0 Å². The molecule has 4 rings (SSSR count). The van der Waals surface area contributed by atoms with Crippen LogP contribution in [-0.2, 0) is 6.54 Å². The Labute approximate surface area is 136 Å². The molecule has 0 saturated heterocycles. The minimum atomic E-state index is 0.470. The second-order valence-corrected chi connectivity index (χ2v) is 4.93. The maximum Gasteiger partial charge on any atom is 0.160 e. The number of aromatic nitrogens is 7. The van der Waals surface area contributed by atoms with Crippen molar-refractivity contribution in [1.82, 2.24) is 35.4 Å². The van der Waals surface area contributed by atoms with Crippen LogP contribution in [0.5, 0.6) is 11.5 Å². The van der Waals surface area contributed by atoms with Crippen LogP contribution in [0.15, 0.2) is 54.9 Å². The van der Waals surface area contributed by atoms with E-state index in [1.54, 1.807) is 23.1 Å². The zero-order valence-corrected chi connectivity index (χ0v) is 12.6. The highest BCUT2D eigenvalue weighted by Gasteiger charge is 2.04. The molecule has 0 bridgehead atoms. The summed E-state index contributed by atoms with van der Waals surface area (Å²) in [5.41, 5.74) is 1.56. The Balaban J connectivity index is 1.36. The van der Waals surface area contributed by atoms with E-state index in [9.17, 15) is 0 Å². The predicted molar refractivity (Wildman–Crippen MR) is 83.3 cm³/mol. The summed E-state index contributed by atoms with van der Waals surface area (Å²) in [7, 11) is 0. The van der Waals surface area contributed by atoms with Crippen LogP contribution in [0.3, 0.4) is 0 Å². The van der Waals surface area contributed by atoms with Gasteiger partial charge in [-0.05, 0) is 46.8 Å². The van der Waals surface area contributed by atoms with Crippen molar-refractivity contribution in [3.63, 3.8) is 0 Å². The number of ether oxygens (including phenoxy) is 1. The molecule has 9 nitrogen and oxygen atoms in total. The SMILES string of the molecule is c1ccc2nn(Oc3ccc(OCCn4cnnn4)cc3)nc2c1. The first-order valence-corrected chi connectivity index (χ1v) is 7.31. The van der Waals surface area contributed by atoms with E-state index in [1.165, 1.54) is 4.96 Å². The summed E-state index contributed by atoms with van der Waals surface area (Å²) < 4.78 is 7.23. The number of nitrogens with zero attached hydrogens (tertiary/aromatic N) is 7. The third kappa shape index (κ3) is 3.14. The van der Waals surface area contributed by atoms with E-state index in [4.69, 9.17) is 9.57 Å². The summed E-state index contributed by atoms with van der Waals surface area (Å²) in [6, 6.07) is 14.8. The van der Waals surface area contributed by atoms with Gasteiger partial charge < -0.3 is 9.57 Å². The summed E-state index contributed by atoms with van der Waals surface area (Å²) in [6.07, 6.45) is 1.54. The van der Waals surface area contributed by atoms with Gasteiger partial charge in [0.15, 0.2) is 5.75 Å². The van der Waals surface area contributed by atoms with Crippen LogP contribution in [0.2, 0.25) is 0 Å². The van der Waals surface area contributed by atoms with Crippen LogP contribution in [-0.4, -0.2) is 42.0 Å². The fraction of sp³-hybridized carbons (Fsp3) is 0.133. The lowest BCUT2D eigenvalue weighted by molar-refractivity contribution is 0.143. The average Bonchev–Trinajstić information content (AvgIpc) is 3.25. The fourth-order valence-corrected chi connectivity index (χ4v) is 2.11. The average molecular weight is 323 g/mol. The van der Waals surface area contributed by atoms with E-state index in [0.717, 1.165) is 16.8 Å². The van der Waals surface area contributed by atoms with Crippen LogP contribution in [0, 0.1) is 0 Å². The molecule has 0 aliphatic rings. The lowest BCUT2D eigenvalue weighted by Gasteiger charge is -2.07. The normalized spacial score (nSPS) is 10.8. The molecule has 4 aromatic rings. The molecule has 2 aromatic heterocycles. The summed E-state index contributed by atoms with van der Waals surface area (Å²) in [6.45, 7) is 1.05. The molecule has 0 atom stereocenters. The second-order valence-electron chi connectivity index (χ2n) is 4.93. The van der Waals surface area contributed by atoms with Gasteiger partial charge in [0, 0.05) is 4.96 Å². The van der Waals surface area contributed by atoms with Gasteiger partial charge in [-0.15, -0.1) is 15.3 Å². The van der Waals surface area contributed by atoms with Gasteiger partial charge in [0.05, 0.1) is 6.54 Å². The molecule has 0 amide bonds. The van der Waals surface area contributed by atoms with Crippen molar-refractivity contribution >= 4 is 11.0 Å². The molecule has 120 valence electrons. The van der Waals surface area contributed by atoms with Crippen molar-refractivity contribution in [3.05, 3.63) is 54.9 Å². The molecule has 0 aliphatic carbocycles. The minimum Gasteiger partial charge on any atom is -0.492 e. The van der Waals surface area contributed by atoms with Crippen molar-refractivity contribution in [2.24, 2.45) is 0 Å². The lowest BCUT2D eigenvalue weighted by atomic mass is 10.3. The number of hydrogen-bond acceptors (Lipinski definition) is 7. The van der Waals surface area contributed by atoms with E-state index in [1.807, 2.05) is 36.4 Å². The Morgan fingerprint density at radius 1 is 0.875 bits per heavy atom. The Morgan fingerprint density at radius 2 is 1.58 bits per heavy atom. The molecule has 0 radical (unpaired) electrons. The van der Waals surface area contributed by atoms with Gasteiger partial charge in [-0.25, -0.2) is 4.68 Å². The molecule has 0 aliphatic heterocycles. The quantitative estimate of drug-likeness (QED) is 0.528. The van der Waals surface area contributed by atoms with E-state index in [-0.39, 0.29) is 0 Å². The van der Waals surface area contributed by atoms with Gasteiger partial charge in [0.25, 0.3) is 0 Å². The largest absolute Gasteiger partial charge is 0.492 e. The van der Waals surface area contributed by atoms with Crippen LogP contribution in [0.1, 0.15) is 0 Å². The summed E-state index contributed by atoms with van der Waals surface area (Å²) >= 11 is 0. The molecule has 0 saturated carbocycles. The number of benzene rings is 2. The van der Waals surface area contributed by atoms with Crippen LogP contribution in [0.4, 0.5) is 0 Å². The third-order valence-corrected chi connectivity index (χ3v) is 3.26. The molecule has 2 heterocycles. The highest BCUT2D eigenvalue weighted by molar-refractivity contribution is 5.72. The minimum absolute atomic E-state index is 0.470. The first kappa shape index (κ1) is 14.1. The van der Waals surface area contributed by atoms with Gasteiger partial charge in [-0.2, -0.15) is 0 Å². The lowest BCUT2D eigenvalue weighted by Crippen LogP contribution is -2.09. The van der Waals surface area contributed by atoms with E-state index >= 15 is 0 Å². The third-order valence-electron chi connectivity index (χ3n) is 3.26. The van der Waals surface area contributed by atoms with Gasteiger partial charge >= 0.3 is 0 Å². The van der Waals surface area contributed by atoms with Gasteiger partial charge in [0.2, 0.25) is 0 Å². The number of hydrogen-bond donors (Lipinski definition) is 0. The molecular weight excluding hydrogens is 310 g/mol. The highest BCUT2D eigenvalue weighted by Crippen LogP contribution is 2.18. The standard InChI is InChI=1S/C15H13N7O2/c1-2-4-15-14(3-1)17-22(18-15)24-13-7-5-12(6-8-13)23-10-9-21-11-16-19-20-21/h1-8,11H,9-10H2. The Bertz CT molecular complexity index is 886. The fourth-order valence-electron chi connectivity index (χ4n) is 2.11. The van der Waals surface area contributed by atoms with E-state index in [2.05, 4.69) is 25.7 Å². The zero-order chi connectivity index (χ0) is 16.2. The zero-order valence-electron chi connectivity index (χ0n) is 12.6. The van der Waals surface area contributed by atoms with Crippen molar-refractivity contribution in [2.45, 2.75) is 6.54 Å². The van der Waals surface area contributed by atoms with Crippen molar-refractivity contribution < 1.29 is 9.57 Å². The molecule has 0 unspecified atom stereocenters. The van der Waals surface area contributed by atoms with Crippen LogP contribution >= 0.6 is 0 Å². The Morgan fingerprint density at radius 3 is 2.25 bits per heavy atom. The summed E-state index contributed by atoms with van der Waals surface area (Å²) in [5.74, 6) is 1.34. The number of fused-ring (bicyclic) bond motifs is 1. The maximum absolute atomic E-state index is 5.62. The smallest absolute Gasteiger partial charge is 0.160 e. The topological polar surface area (TPSA) is 92.8 Å². The monoisotopic (exact) mass is 323 g/mol. The summed E-state index contributed by atoms with van der Waals surface area (Å²) in [5, 5.41) is 19.4. The van der Waals surface area contributed by atoms with Crippen molar-refractivity contribution in [1.29, 1.82) is 0 Å². The molecular formula is C15H13N7O2. The van der Waals surface area contributed by atoms with Crippen molar-refractivity contribution in [3.8, 4) is 11.5 Å². The van der Waals surface area contributed by atoms with Crippen LogP contribution in [0.25, 0.3) is 11.0 Å². The molecule has 0 N–H and O–H groups in total. The maximum atomic E-state index is 5.62. The van der Waals surface area contributed by atoms with Gasteiger partial charge in [-0.3, -0.25) is 0 Å². The predicted octanol–water partition coefficient (Wildman–Crippen LogP) is 1.34. The molecule has 2 aromatic carbocycles. The number of rotatable bonds is 6. The Hall–Kier alpha value is -3.49. The molecule has 0 fully saturated rings. The summed E-state index contributed by atoms with van der Waals surface area (Å²) in [4.78, 5) is 6.80. The molecule has 24 heavy (non-hydrogen) atoms. The first-order valence-electron chi connectivity index (χ1n) is 7.31. The first-order chi connectivity index (χ1) is 11.9. The van der Waals surface area contributed by atoms with Crippen molar-refractivity contribution in [2.75, 3.05) is 6.61 Å². The van der Waals surface area contributed by atoms with Crippen LogP contribution < -0.4 is 9.57 Å². The van der Waals surface area contributed by atoms with Gasteiger partial charge in [0.1, 0.15) is 29.7 Å².